The van der Waals surface area contributed by atoms with Crippen LogP contribution in [0.15, 0.2) is 29.2 Å². The van der Waals surface area contributed by atoms with E-state index in [9.17, 15) is 4.79 Å². The van der Waals surface area contributed by atoms with Crippen LogP contribution < -0.4 is 5.56 Å². The standard InChI is InChI=1S/C9H7ClN2O/c1-12-8(13)3-2-6-7(10)4-5-11-9(6)12/h2-5H,1H3. The van der Waals surface area contributed by atoms with E-state index in [2.05, 4.69) is 4.98 Å². The van der Waals surface area contributed by atoms with E-state index in [1.54, 1.807) is 25.4 Å². The Balaban J connectivity index is 3.03. The molecule has 0 atom stereocenters. The zero-order valence-electron chi connectivity index (χ0n) is 6.99. The van der Waals surface area contributed by atoms with Gasteiger partial charge in [0.05, 0.1) is 5.02 Å². The average molecular weight is 195 g/mol. The monoisotopic (exact) mass is 194 g/mol. The van der Waals surface area contributed by atoms with Crippen molar-refractivity contribution in [2.75, 3.05) is 0 Å². The van der Waals surface area contributed by atoms with Crippen molar-refractivity contribution >= 4 is 22.6 Å². The Morgan fingerprint density at radius 3 is 2.92 bits per heavy atom. The van der Waals surface area contributed by atoms with Crippen molar-refractivity contribution < 1.29 is 0 Å². The van der Waals surface area contributed by atoms with Crippen LogP contribution in [0.4, 0.5) is 0 Å². The summed E-state index contributed by atoms with van der Waals surface area (Å²) in [5, 5.41) is 1.41. The van der Waals surface area contributed by atoms with Gasteiger partial charge >= 0.3 is 0 Å². The lowest BCUT2D eigenvalue weighted by Crippen LogP contribution is -2.15. The van der Waals surface area contributed by atoms with Crippen molar-refractivity contribution in [3.8, 4) is 0 Å². The maximum absolute atomic E-state index is 11.2. The molecule has 0 aromatic carbocycles. The normalized spacial score (nSPS) is 10.6. The number of aromatic nitrogens is 2. The van der Waals surface area contributed by atoms with Gasteiger partial charge in [-0.15, -0.1) is 0 Å². The van der Waals surface area contributed by atoms with Crippen LogP contribution in [0.5, 0.6) is 0 Å². The Morgan fingerprint density at radius 2 is 2.15 bits per heavy atom. The highest BCUT2D eigenvalue weighted by Gasteiger charge is 2.02. The van der Waals surface area contributed by atoms with E-state index in [0.29, 0.717) is 10.7 Å². The van der Waals surface area contributed by atoms with E-state index < -0.39 is 0 Å². The Labute approximate surface area is 79.6 Å². The van der Waals surface area contributed by atoms with Crippen LogP contribution in [-0.4, -0.2) is 9.55 Å². The van der Waals surface area contributed by atoms with Crippen LogP contribution in [-0.2, 0) is 7.05 Å². The fraction of sp³-hybridized carbons (Fsp3) is 0.111. The summed E-state index contributed by atoms with van der Waals surface area (Å²) in [6.07, 6.45) is 1.59. The maximum Gasteiger partial charge on any atom is 0.251 e. The van der Waals surface area contributed by atoms with Gasteiger partial charge in [0, 0.05) is 24.7 Å². The molecule has 2 rings (SSSR count). The van der Waals surface area contributed by atoms with Crippen LogP contribution in [0.3, 0.4) is 0 Å². The van der Waals surface area contributed by atoms with E-state index in [4.69, 9.17) is 11.6 Å². The van der Waals surface area contributed by atoms with Crippen molar-refractivity contribution in [1.82, 2.24) is 9.55 Å². The van der Waals surface area contributed by atoms with Gasteiger partial charge in [0.15, 0.2) is 0 Å². The van der Waals surface area contributed by atoms with Gasteiger partial charge in [0.1, 0.15) is 5.65 Å². The minimum Gasteiger partial charge on any atom is -0.296 e. The maximum atomic E-state index is 11.2. The van der Waals surface area contributed by atoms with E-state index >= 15 is 0 Å². The molecule has 0 saturated heterocycles. The number of hydrogen-bond acceptors (Lipinski definition) is 2. The number of rotatable bonds is 0. The first-order chi connectivity index (χ1) is 6.20. The number of hydrogen-bond donors (Lipinski definition) is 0. The highest BCUT2D eigenvalue weighted by atomic mass is 35.5. The van der Waals surface area contributed by atoms with Gasteiger partial charge < -0.3 is 0 Å². The fourth-order valence-electron chi connectivity index (χ4n) is 1.23. The van der Waals surface area contributed by atoms with Crippen LogP contribution in [0.25, 0.3) is 11.0 Å². The van der Waals surface area contributed by atoms with Crippen molar-refractivity contribution in [3.05, 3.63) is 39.8 Å². The predicted octanol–water partition coefficient (Wildman–Crippen LogP) is 1.59. The van der Waals surface area contributed by atoms with Gasteiger partial charge in [-0.2, -0.15) is 0 Å². The van der Waals surface area contributed by atoms with Crippen molar-refractivity contribution in [2.24, 2.45) is 7.05 Å². The van der Waals surface area contributed by atoms with Gasteiger partial charge in [-0.05, 0) is 12.1 Å². The van der Waals surface area contributed by atoms with Gasteiger partial charge in [0.2, 0.25) is 0 Å². The summed E-state index contributed by atoms with van der Waals surface area (Å²) in [4.78, 5) is 15.3. The lowest BCUT2D eigenvalue weighted by molar-refractivity contribution is 0.888. The Kier molecular flexibility index (Phi) is 1.81. The van der Waals surface area contributed by atoms with Gasteiger partial charge in [-0.25, -0.2) is 4.98 Å². The highest BCUT2D eigenvalue weighted by Crippen LogP contribution is 2.18. The summed E-state index contributed by atoms with van der Waals surface area (Å²) in [7, 11) is 1.67. The molecule has 2 aromatic rings. The summed E-state index contributed by atoms with van der Waals surface area (Å²) < 4.78 is 1.47. The number of pyridine rings is 2. The zero-order chi connectivity index (χ0) is 9.42. The number of fused-ring (bicyclic) bond motifs is 1. The Hall–Kier alpha value is -1.35. The minimum absolute atomic E-state index is 0.0812. The quantitative estimate of drug-likeness (QED) is 0.639. The van der Waals surface area contributed by atoms with Crippen molar-refractivity contribution in [3.63, 3.8) is 0 Å². The number of halogens is 1. The van der Waals surface area contributed by atoms with E-state index in [1.807, 2.05) is 0 Å². The smallest absolute Gasteiger partial charge is 0.251 e. The molecule has 0 bridgehead atoms. The first kappa shape index (κ1) is 8.26. The summed E-state index contributed by atoms with van der Waals surface area (Å²) >= 11 is 5.93. The van der Waals surface area contributed by atoms with Crippen LogP contribution in [0, 0.1) is 0 Å². The average Bonchev–Trinajstić information content (AvgIpc) is 2.12. The molecule has 0 spiro atoms. The van der Waals surface area contributed by atoms with Crippen LogP contribution >= 0.6 is 11.6 Å². The first-order valence-electron chi connectivity index (χ1n) is 3.80. The molecule has 0 aliphatic carbocycles. The van der Waals surface area contributed by atoms with E-state index in [0.717, 1.165) is 5.39 Å². The summed E-state index contributed by atoms with van der Waals surface area (Å²) in [6.45, 7) is 0. The molecule has 2 aromatic heterocycles. The molecule has 2 heterocycles. The zero-order valence-corrected chi connectivity index (χ0v) is 7.75. The van der Waals surface area contributed by atoms with Gasteiger partial charge in [-0.3, -0.25) is 9.36 Å². The SMILES string of the molecule is Cn1c(=O)ccc2c(Cl)ccnc21. The summed E-state index contributed by atoms with van der Waals surface area (Å²) in [5.41, 5.74) is 0.530. The van der Waals surface area contributed by atoms with Crippen LogP contribution in [0.1, 0.15) is 0 Å². The molecule has 0 saturated carbocycles. The molecule has 0 fully saturated rings. The summed E-state index contributed by atoms with van der Waals surface area (Å²) in [6, 6.07) is 4.87. The second-order valence-electron chi connectivity index (χ2n) is 2.76. The number of aryl methyl sites for hydroxylation is 1. The van der Waals surface area contributed by atoms with Crippen LogP contribution in [0.2, 0.25) is 5.02 Å². The van der Waals surface area contributed by atoms with Gasteiger partial charge in [0.25, 0.3) is 5.56 Å². The molecule has 66 valence electrons. The van der Waals surface area contributed by atoms with Crippen molar-refractivity contribution in [2.45, 2.75) is 0 Å². The third-order valence-corrected chi connectivity index (χ3v) is 2.29. The molecular formula is C9H7ClN2O. The molecule has 0 radical (unpaired) electrons. The molecule has 0 unspecified atom stereocenters. The fourth-order valence-corrected chi connectivity index (χ4v) is 1.44. The molecule has 3 nitrogen and oxygen atoms in total. The van der Waals surface area contributed by atoms with Gasteiger partial charge in [-0.1, -0.05) is 11.6 Å². The molecule has 0 amide bonds. The highest BCUT2D eigenvalue weighted by molar-refractivity contribution is 6.35. The molecule has 0 aliphatic rings. The first-order valence-corrected chi connectivity index (χ1v) is 4.18. The van der Waals surface area contributed by atoms with E-state index in [-0.39, 0.29) is 5.56 Å². The lowest BCUT2D eigenvalue weighted by Gasteiger charge is -2.03. The molecule has 4 heteroatoms. The second-order valence-corrected chi connectivity index (χ2v) is 3.17. The Morgan fingerprint density at radius 1 is 1.38 bits per heavy atom. The topological polar surface area (TPSA) is 34.9 Å². The second kappa shape index (κ2) is 2.85. The lowest BCUT2D eigenvalue weighted by atomic mass is 10.3. The van der Waals surface area contributed by atoms with Crippen molar-refractivity contribution in [1.29, 1.82) is 0 Å². The van der Waals surface area contributed by atoms with E-state index in [1.165, 1.54) is 10.6 Å². The molecule has 0 N–H and O–H groups in total. The number of nitrogens with zero attached hydrogens (tertiary/aromatic N) is 2. The Bertz CT molecular complexity index is 518. The molecule has 13 heavy (non-hydrogen) atoms. The molecular weight excluding hydrogens is 188 g/mol. The third-order valence-electron chi connectivity index (χ3n) is 1.96. The minimum atomic E-state index is -0.0812. The predicted molar refractivity (Wildman–Crippen MR) is 52.0 cm³/mol. The summed E-state index contributed by atoms with van der Waals surface area (Å²) in [5.74, 6) is 0. The molecule has 0 aliphatic heterocycles. The third kappa shape index (κ3) is 1.21. The largest absolute Gasteiger partial charge is 0.296 e.